The van der Waals surface area contributed by atoms with Gasteiger partial charge in [-0.25, -0.2) is 4.79 Å². The third kappa shape index (κ3) is 1.44. The smallest absolute Gasteiger partial charge is 0.375 e. The van der Waals surface area contributed by atoms with Gasteiger partial charge in [0.25, 0.3) is 5.78 Å². The Morgan fingerprint density at radius 3 is 2.67 bits per heavy atom. The molecule has 0 N–H and O–H groups in total. The van der Waals surface area contributed by atoms with Gasteiger partial charge in [-0.05, 0) is 0 Å². The number of esters is 2. The van der Waals surface area contributed by atoms with Crippen molar-refractivity contribution in [2.24, 2.45) is 5.92 Å². The molecule has 1 fully saturated rings. The molecule has 0 saturated carbocycles. The van der Waals surface area contributed by atoms with Crippen molar-refractivity contribution in [2.45, 2.75) is 6.42 Å². The van der Waals surface area contributed by atoms with Gasteiger partial charge in [0, 0.05) is 6.42 Å². The van der Waals surface area contributed by atoms with Crippen molar-refractivity contribution in [2.75, 3.05) is 13.7 Å². The molecule has 1 aliphatic rings. The Bertz CT molecular complexity index is 232. The van der Waals surface area contributed by atoms with Gasteiger partial charge in [-0.1, -0.05) is 0 Å². The van der Waals surface area contributed by atoms with Gasteiger partial charge in [0.15, 0.2) is 0 Å². The highest BCUT2D eigenvalue weighted by Gasteiger charge is 2.37. The fourth-order valence-electron chi connectivity index (χ4n) is 0.977. The molecule has 5 heteroatoms. The molecule has 0 spiro atoms. The number of hydrogen-bond donors (Lipinski definition) is 0. The summed E-state index contributed by atoms with van der Waals surface area (Å²) in [6, 6.07) is 0. The zero-order valence-electron chi connectivity index (χ0n) is 6.53. The molecule has 1 aliphatic heterocycles. The standard InChI is InChI=1S/C7H8O5/c1-11-7(10)5(8)4-2-3-12-6(4)9/h4H,2-3H2,1H3/t4-/m1/s1. The molecule has 0 radical (unpaired) electrons. The Morgan fingerprint density at radius 2 is 2.25 bits per heavy atom. The van der Waals surface area contributed by atoms with E-state index >= 15 is 0 Å². The molecule has 66 valence electrons. The SMILES string of the molecule is COC(=O)C(=O)[C@H]1CCOC1=O. The average molecular weight is 172 g/mol. The molecule has 1 atom stereocenters. The second-order valence-electron chi connectivity index (χ2n) is 2.36. The number of rotatable bonds is 2. The van der Waals surface area contributed by atoms with E-state index in [0.29, 0.717) is 0 Å². The predicted molar refractivity (Wildman–Crippen MR) is 36.1 cm³/mol. The molecular weight excluding hydrogens is 164 g/mol. The number of ether oxygens (including phenoxy) is 2. The van der Waals surface area contributed by atoms with E-state index in [-0.39, 0.29) is 13.0 Å². The second kappa shape index (κ2) is 3.34. The molecule has 0 aliphatic carbocycles. The van der Waals surface area contributed by atoms with Crippen LogP contribution in [-0.2, 0) is 23.9 Å². The van der Waals surface area contributed by atoms with Crippen LogP contribution in [0.5, 0.6) is 0 Å². The first kappa shape index (κ1) is 8.70. The van der Waals surface area contributed by atoms with Gasteiger partial charge in [-0.15, -0.1) is 0 Å². The van der Waals surface area contributed by atoms with Crippen LogP contribution in [0.1, 0.15) is 6.42 Å². The first-order valence-electron chi connectivity index (χ1n) is 3.45. The van der Waals surface area contributed by atoms with E-state index in [0.717, 1.165) is 7.11 Å². The second-order valence-corrected chi connectivity index (χ2v) is 2.36. The minimum Gasteiger partial charge on any atom is -0.465 e. The maximum atomic E-state index is 11.0. The summed E-state index contributed by atoms with van der Waals surface area (Å²) in [6.07, 6.45) is 0.271. The highest BCUT2D eigenvalue weighted by Crippen LogP contribution is 2.15. The number of ketones is 1. The summed E-state index contributed by atoms with van der Waals surface area (Å²) < 4.78 is 8.69. The maximum absolute atomic E-state index is 11.0. The van der Waals surface area contributed by atoms with Crippen molar-refractivity contribution in [3.63, 3.8) is 0 Å². The topological polar surface area (TPSA) is 69.7 Å². The normalized spacial score (nSPS) is 21.8. The molecule has 1 rings (SSSR count). The van der Waals surface area contributed by atoms with Crippen molar-refractivity contribution in [3.05, 3.63) is 0 Å². The fraction of sp³-hybridized carbons (Fsp3) is 0.571. The Hall–Kier alpha value is -1.39. The molecule has 0 unspecified atom stereocenters. The molecular formula is C7H8O5. The highest BCUT2D eigenvalue weighted by molar-refractivity contribution is 6.38. The van der Waals surface area contributed by atoms with Crippen LogP contribution in [0.25, 0.3) is 0 Å². The van der Waals surface area contributed by atoms with Crippen LogP contribution < -0.4 is 0 Å². The summed E-state index contributed by atoms with van der Waals surface area (Å²) in [7, 11) is 1.10. The Morgan fingerprint density at radius 1 is 1.58 bits per heavy atom. The van der Waals surface area contributed by atoms with Gasteiger partial charge < -0.3 is 9.47 Å². The maximum Gasteiger partial charge on any atom is 0.375 e. The number of Topliss-reactive ketones (excluding diaryl/α,β-unsaturated/α-hetero) is 1. The Kier molecular flexibility index (Phi) is 2.42. The van der Waals surface area contributed by atoms with E-state index in [1.54, 1.807) is 0 Å². The lowest BCUT2D eigenvalue weighted by Gasteiger charge is -2.00. The monoisotopic (exact) mass is 172 g/mol. The number of methoxy groups -OCH3 is 1. The van der Waals surface area contributed by atoms with Gasteiger partial charge in [0.1, 0.15) is 5.92 Å². The van der Waals surface area contributed by atoms with Gasteiger partial charge >= 0.3 is 11.9 Å². The Labute approximate surface area is 68.6 Å². The van der Waals surface area contributed by atoms with Crippen LogP contribution in [0.3, 0.4) is 0 Å². The number of cyclic esters (lactones) is 1. The van der Waals surface area contributed by atoms with Crippen molar-refractivity contribution < 1.29 is 23.9 Å². The van der Waals surface area contributed by atoms with Crippen molar-refractivity contribution >= 4 is 17.7 Å². The zero-order valence-corrected chi connectivity index (χ0v) is 6.53. The van der Waals surface area contributed by atoms with Crippen LogP contribution in [0.4, 0.5) is 0 Å². The fourth-order valence-corrected chi connectivity index (χ4v) is 0.977. The van der Waals surface area contributed by atoms with Gasteiger partial charge in [-0.3, -0.25) is 9.59 Å². The summed E-state index contributed by atoms with van der Waals surface area (Å²) in [5, 5.41) is 0. The summed E-state index contributed by atoms with van der Waals surface area (Å²) in [6.45, 7) is 0.201. The number of hydrogen-bond acceptors (Lipinski definition) is 5. The summed E-state index contributed by atoms with van der Waals surface area (Å²) in [5.74, 6) is -3.39. The Balaban J connectivity index is 2.63. The van der Waals surface area contributed by atoms with Crippen molar-refractivity contribution in [1.29, 1.82) is 0 Å². The summed E-state index contributed by atoms with van der Waals surface area (Å²) in [5.41, 5.74) is 0. The molecule has 12 heavy (non-hydrogen) atoms. The van der Waals surface area contributed by atoms with E-state index in [1.165, 1.54) is 0 Å². The minimum absolute atomic E-state index is 0.201. The lowest BCUT2D eigenvalue weighted by Crippen LogP contribution is -2.27. The number of carbonyl (C=O) groups excluding carboxylic acids is 3. The predicted octanol–water partition coefficient (Wildman–Crippen LogP) is -0.708. The highest BCUT2D eigenvalue weighted by atomic mass is 16.5. The third-order valence-corrected chi connectivity index (χ3v) is 1.64. The molecule has 0 bridgehead atoms. The van der Waals surface area contributed by atoms with Crippen LogP contribution in [-0.4, -0.2) is 31.4 Å². The third-order valence-electron chi connectivity index (χ3n) is 1.64. The van der Waals surface area contributed by atoms with E-state index in [2.05, 4.69) is 9.47 Å². The van der Waals surface area contributed by atoms with Crippen LogP contribution in [0, 0.1) is 5.92 Å². The van der Waals surface area contributed by atoms with Gasteiger partial charge in [-0.2, -0.15) is 0 Å². The molecule has 0 aromatic heterocycles. The summed E-state index contributed by atoms with van der Waals surface area (Å²) in [4.78, 5) is 32.5. The first-order chi connectivity index (χ1) is 5.66. The molecule has 0 amide bonds. The summed E-state index contributed by atoms with van der Waals surface area (Å²) >= 11 is 0. The minimum atomic E-state index is -0.987. The first-order valence-corrected chi connectivity index (χ1v) is 3.45. The van der Waals surface area contributed by atoms with Crippen LogP contribution in [0.2, 0.25) is 0 Å². The quantitative estimate of drug-likeness (QED) is 0.312. The van der Waals surface area contributed by atoms with Crippen molar-refractivity contribution in [3.8, 4) is 0 Å². The molecule has 0 aromatic carbocycles. The number of carbonyl (C=O) groups is 3. The molecule has 0 aromatic rings. The molecule has 1 heterocycles. The molecule has 1 saturated heterocycles. The van der Waals surface area contributed by atoms with Crippen LogP contribution >= 0.6 is 0 Å². The lowest BCUT2D eigenvalue weighted by atomic mass is 10.0. The van der Waals surface area contributed by atoms with E-state index < -0.39 is 23.6 Å². The van der Waals surface area contributed by atoms with Crippen LogP contribution in [0.15, 0.2) is 0 Å². The lowest BCUT2D eigenvalue weighted by molar-refractivity contribution is -0.157. The van der Waals surface area contributed by atoms with Gasteiger partial charge in [0.2, 0.25) is 0 Å². The van der Waals surface area contributed by atoms with Gasteiger partial charge in [0.05, 0.1) is 13.7 Å². The van der Waals surface area contributed by atoms with Crippen molar-refractivity contribution in [1.82, 2.24) is 0 Å². The van der Waals surface area contributed by atoms with E-state index in [9.17, 15) is 14.4 Å². The zero-order chi connectivity index (χ0) is 9.14. The molecule has 5 nitrogen and oxygen atoms in total. The average Bonchev–Trinajstić information content (AvgIpc) is 2.48. The van der Waals surface area contributed by atoms with E-state index in [1.807, 2.05) is 0 Å². The largest absolute Gasteiger partial charge is 0.465 e. The van der Waals surface area contributed by atoms with E-state index in [4.69, 9.17) is 0 Å².